The highest BCUT2D eigenvalue weighted by molar-refractivity contribution is 5.83. The Morgan fingerprint density at radius 3 is 2.88 bits per heavy atom. The molecule has 0 atom stereocenters. The summed E-state index contributed by atoms with van der Waals surface area (Å²) in [6.45, 7) is 1.04. The van der Waals surface area contributed by atoms with E-state index in [9.17, 15) is 4.79 Å². The molecule has 1 aromatic rings. The molecule has 17 heavy (non-hydrogen) atoms. The van der Waals surface area contributed by atoms with Gasteiger partial charge in [-0.1, -0.05) is 6.42 Å². The van der Waals surface area contributed by atoms with Gasteiger partial charge in [0, 0.05) is 26.6 Å². The van der Waals surface area contributed by atoms with E-state index in [1.165, 1.54) is 0 Å². The van der Waals surface area contributed by atoms with Crippen molar-refractivity contribution in [3.05, 3.63) is 12.2 Å². The zero-order valence-electron chi connectivity index (χ0n) is 10.1. The second-order valence-corrected chi connectivity index (χ2v) is 4.70. The lowest BCUT2D eigenvalue weighted by Crippen LogP contribution is -2.50. The molecule has 0 saturated heterocycles. The molecular formula is C11H19N5O. The summed E-state index contributed by atoms with van der Waals surface area (Å²) in [5, 5.41) is 10.7. The predicted molar refractivity (Wildman–Crippen MR) is 63.1 cm³/mol. The van der Waals surface area contributed by atoms with Crippen molar-refractivity contribution in [2.45, 2.75) is 25.7 Å². The molecule has 0 radical (unpaired) electrons. The molecule has 3 N–H and O–H groups in total. The van der Waals surface area contributed by atoms with Crippen LogP contribution in [0.3, 0.4) is 0 Å². The van der Waals surface area contributed by atoms with Gasteiger partial charge in [-0.2, -0.15) is 0 Å². The molecule has 0 spiro atoms. The number of carbonyl (C=O) groups is 1. The van der Waals surface area contributed by atoms with Crippen LogP contribution in [0.25, 0.3) is 0 Å². The third-order valence-corrected chi connectivity index (χ3v) is 3.62. The summed E-state index contributed by atoms with van der Waals surface area (Å²) in [6, 6.07) is 0. The number of nitrogens with two attached hydrogens (primary N) is 1. The molecular weight excluding hydrogens is 218 g/mol. The molecule has 6 heteroatoms. The van der Waals surface area contributed by atoms with E-state index < -0.39 is 0 Å². The Balaban J connectivity index is 1.79. The maximum absolute atomic E-state index is 12.0. The first-order chi connectivity index (χ1) is 8.18. The highest BCUT2D eigenvalue weighted by Gasteiger charge is 2.42. The van der Waals surface area contributed by atoms with Crippen LogP contribution in [-0.2, 0) is 18.3 Å². The number of amides is 1. The van der Waals surface area contributed by atoms with E-state index in [-0.39, 0.29) is 11.3 Å². The monoisotopic (exact) mass is 237 g/mol. The molecule has 1 heterocycles. The minimum Gasteiger partial charge on any atom is -0.355 e. The van der Waals surface area contributed by atoms with Crippen LogP contribution in [-0.4, -0.2) is 33.8 Å². The minimum atomic E-state index is -0.292. The molecule has 0 aromatic carbocycles. The molecule has 1 fully saturated rings. The van der Waals surface area contributed by atoms with Gasteiger partial charge in [0.1, 0.15) is 12.2 Å². The van der Waals surface area contributed by atoms with Crippen molar-refractivity contribution in [2.75, 3.05) is 13.1 Å². The normalized spacial score (nSPS) is 17.5. The van der Waals surface area contributed by atoms with Crippen LogP contribution in [0.1, 0.15) is 25.1 Å². The Labute approximate surface area is 101 Å². The van der Waals surface area contributed by atoms with Crippen LogP contribution >= 0.6 is 0 Å². The van der Waals surface area contributed by atoms with Gasteiger partial charge in [-0.3, -0.25) is 4.79 Å². The van der Waals surface area contributed by atoms with Gasteiger partial charge < -0.3 is 15.6 Å². The fourth-order valence-corrected chi connectivity index (χ4v) is 2.14. The number of aromatic nitrogens is 3. The molecule has 1 amide bonds. The van der Waals surface area contributed by atoms with Crippen molar-refractivity contribution < 1.29 is 4.79 Å². The van der Waals surface area contributed by atoms with E-state index >= 15 is 0 Å². The highest BCUT2D eigenvalue weighted by Crippen LogP contribution is 2.39. The van der Waals surface area contributed by atoms with Crippen LogP contribution in [0.4, 0.5) is 0 Å². The maximum atomic E-state index is 12.0. The Morgan fingerprint density at radius 2 is 2.41 bits per heavy atom. The van der Waals surface area contributed by atoms with Crippen LogP contribution in [0.2, 0.25) is 0 Å². The molecule has 6 nitrogen and oxygen atoms in total. The summed E-state index contributed by atoms with van der Waals surface area (Å²) in [5.41, 5.74) is 5.38. The molecule has 1 saturated carbocycles. The molecule has 1 aliphatic carbocycles. The third kappa shape index (κ3) is 2.31. The first kappa shape index (κ1) is 12.0. The molecule has 2 rings (SSSR count). The average molecular weight is 237 g/mol. The number of hydrogen-bond donors (Lipinski definition) is 2. The highest BCUT2D eigenvalue weighted by atomic mass is 16.2. The van der Waals surface area contributed by atoms with E-state index in [0.29, 0.717) is 19.5 Å². The zero-order chi connectivity index (χ0) is 12.3. The van der Waals surface area contributed by atoms with Crippen LogP contribution < -0.4 is 11.1 Å². The second-order valence-electron chi connectivity index (χ2n) is 4.70. The van der Waals surface area contributed by atoms with Gasteiger partial charge in [0.15, 0.2) is 0 Å². The first-order valence-electron chi connectivity index (χ1n) is 5.99. The molecule has 1 aromatic heterocycles. The van der Waals surface area contributed by atoms with Gasteiger partial charge in [-0.15, -0.1) is 10.2 Å². The number of nitrogens with zero attached hydrogens (tertiary/aromatic N) is 3. The number of aryl methyl sites for hydroxylation is 1. The van der Waals surface area contributed by atoms with E-state index in [2.05, 4.69) is 15.5 Å². The SMILES string of the molecule is Cn1cnnc1CCNC(=O)C1(CN)CCC1. The van der Waals surface area contributed by atoms with Crippen LogP contribution in [0, 0.1) is 5.41 Å². The molecule has 1 aliphatic rings. The molecule has 0 unspecified atom stereocenters. The fourth-order valence-electron chi connectivity index (χ4n) is 2.14. The van der Waals surface area contributed by atoms with Crippen molar-refractivity contribution in [1.29, 1.82) is 0 Å². The zero-order valence-corrected chi connectivity index (χ0v) is 10.1. The van der Waals surface area contributed by atoms with Crippen molar-refractivity contribution in [2.24, 2.45) is 18.2 Å². The summed E-state index contributed by atoms with van der Waals surface area (Å²) < 4.78 is 1.86. The summed E-state index contributed by atoms with van der Waals surface area (Å²) in [4.78, 5) is 12.0. The van der Waals surface area contributed by atoms with Crippen molar-refractivity contribution in [3.63, 3.8) is 0 Å². The summed E-state index contributed by atoms with van der Waals surface area (Å²) in [6.07, 6.45) is 5.29. The largest absolute Gasteiger partial charge is 0.355 e. The summed E-state index contributed by atoms with van der Waals surface area (Å²) >= 11 is 0. The Bertz CT molecular complexity index is 391. The number of nitrogens with one attached hydrogen (secondary N) is 1. The lowest BCUT2D eigenvalue weighted by molar-refractivity contribution is -0.135. The van der Waals surface area contributed by atoms with Gasteiger partial charge in [0.25, 0.3) is 0 Å². The quantitative estimate of drug-likeness (QED) is 0.730. The van der Waals surface area contributed by atoms with Crippen LogP contribution in [0.15, 0.2) is 6.33 Å². The number of carbonyl (C=O) groups excluding carboxylic acids is 1. The van der Waals surface area contributed by atoms with E-state index in [0.717, 1.165) is 25.1 Å². The van der Waals surface area contributed by atoms with Gasteiger partial charge in [-0.05, 0) is 12.8 Å². The van der Waals surface area contributed by atoms with Crippen molar-refractivity contribution in [1.82, 2.24) is 20.1 Å². The van der Waals surface area contributed by atoms with Crippen molar-refractivity contribution >= 4 is 5.91 Å². The Hall–Kier alpha value is -1.43. The first-order valence-corrected chi connectivity index (χ1v) is 5.99. The lowest BCUT2D eigenvalue weighted by Gasteiger charge is -2.39. The Kier molecular flexibility index (Phi) is 3.42. The van der Waals surface area contributed by atoms with Gasteiger partial charge in [0.05, 0.1) is 5.41 Å². The number of hydrogen-bond acceptors (Lipinski definition) is 4. The van der Waals surface area contributed by atoms with Crippen LogP contribution in [0.5, 0.6) is 0 Å². The third-order valence-electron chi connectivity index (χ3n) is 3.62. The second kappa shape index (κ2) is 4.83. The summed E-state index contributed by atoms with van der Waals surface area (Å²) in [7, 11) is 1.89. The average Bonchev–Trinajstić information content (AvgIpc) is 2.64. The maximum Gasteiger partial charge on any atom is 0.227 e. The van der Waals surface area contributed by atoms with E-state index in [1.54, 1.807) is 6.33 Å². The van der Waals surface area contributed by atoms with Gasteiger partial charge in [0.2, 0.25) is 5.91 Å². The molecule has 0 aliphatic heterocycles. The summed E-state index contributed by atoms with van der Waals surface area (Å²) in [5.74, 6) is 0.967. The van der Waals surface area contributed by atoms with Crippen molar-refractivity contribution in [3.8, 4) is 0 Å². The fraction of sp³-hybridized carbons (Fsp3) is 0.727. The van der Waals surface area contributed by atoms with Gasteiger partial charge >= 0.3 is 0 Å². The lowest BCUT2D eigenvalue weighted by atomic mass is 9.68. The predicted octanol–water partition coefficient (Wildman–Crippen LogP) is -0.397. The Morgan fingerprint density at radius 1 is 1.65 bits per heavy atom. The van der Waals surface area contributed by atoms with E-state index in [1.807, 2.05) is 11.6 Å². The van der Waals surface area contributed by atoms with Gasteiger partial charge in [-0.25, -0.2) is 0 Å². The minimum absolute atomic E-state index is 0.0911. The van der Waals surface area contributed by atoms with E-state index in [4.69, 9.17) is 5.73 Å². The standard InChI is InChI=1S/C11H19N5O/c1-16-8-14-15-9(16)3-6-13-10(17)11(7-12)4-2-5-11/h8H,2-7,12H2,1H3,(H,13,17). The molecule has 0 bridgehead atoms. The number of rotatable bonds is 5. The topological polar surface area (TPSA) is 85.8 Å². The smallest absolute Gasteiger partial charge is 0.227 e. The molecule has 94 valence electrons.